The molecule has 0 saturated carbocycles. The fourth-order valence-electron chi connectivity index (χ4n) is 4.30. The van der Waals surface area contributed by atoms with Gasteiger partial charge in [-0.15, -0.1) is 11.3 Å². The third-order valence-electron chi connectivity index (χ3n) is 6.07. The van der Waals surface area contributed by atoms with Crippen LogP contribution in [0.3, 0.4) is 0 Å². The summed E-state index contributed by atoms with van der Waals surface area (Å²) in [6.45, 7) is 1.27. The van der Waals surface area contributed by atoms with Gasteiger partial charge in [0.25, 0.3) is 5.91 Å². The number of carbonyl (C=O) groups is 1. The minimum Gasteiger partial charge on any atom is -0.335 e. The quantitative estimate of drug-likeness (QED) is 0.653. The smallest absolute Gasteiger partial charge is 0.274 e. The number of H-pyrrole nitrogens is 1. The van der Waals surface area contributed by atoms with Crippen molar-refractivity contribution in [2.45, 2.75) is 30.6 Å². The van der Waals surface area contributed by atoms with Crippen molar-refractivity contribution in [2.75, 3.05) is 26.2 Å². The minimum absolute atomic E-state index is 0.176. The number of aromatic nitrogens is 2. The fourth-order valence-corrected chi connectivity index (χ4v) is 6.47. The molecule has 1 aliphatic carbocycles. The van der Waals surface area contributed by atoms with E-state index < -0.39 is 10.0 Å². The number of fused-ring (bicyclic) bond motifs is 1. The Morgan fingerprint density at radius 1 is 1.00 bits per heavy atom. The van der Waals surface area contributed by atoms with Crippen molar-refractivity contribution >= 4 is 27.3 Å². The molecule has 0 atom stereocenters. The number of benzene rings is 1. The van der Waals surface area contributed by atoms with E-state index >= 15 is 0 Å². The van der Waals surface area contributed by atoms with Gasteiger partial charge in [0.1, 0.15) is 0 Å². The predicted molar refractivity (Wildman–Crippen MR) is 120 cm³/mol. The van der Waals surface area contributed by atoms with Crippen molar-refractivity contribution in [1.82, 2.24) is 19.4 Å². The number of nitrogens with zero attached hydrogens (tertiary/aromatic N) is 3. The Morgan fingerprint density at radius 2 is 1.77 bits per heavy atom. The molecule has 7 nitrogen and oxygen atoms in total. The molecule has 0 spiro atoms. The average Bonchev–Trinajstić information content (AvgIpc) is 3.50. The summed E-state index contributed by atoms with van der Waals surface area (Å²) in [5.74, 6) is -0.176. The molecule has 3 aromatic rings. The van der Waals surface area contributed by atoms with Crippen LogP contribution in [0.25, 0.3) is 10.6 Å². The van der Waals surface area contributed by atoms with Crippen LogP contribution in [0.15, 0.2) is 46.7 Å². The van der Waals surface area contributed by atoms with Crippen LogP contribution in [-0.2, 0) is 22.9 Å². The maximum absolute atomic E-state index is 13.2. The van der Waals surface area contributed by atoms with Crippen molar-refractivity contribution in [3.63, 3.8) is 0 Å². The topological polar surface area (TPSA) is 86.4 Å². The molecule has 1 aromatic carbocycles. The van der Waals surface area contributed by atoms with Crippen molar-refractivity contribution in [3.05, 3.63) is 58.6 Å². The summed E-state index contributed by atoms with van der Waals surface area (Å²) in [5.41, 5.74) is 3.59. The van der Waals surface area contributed by atoms with Gasteiger partial charge in [-0.3, -0.25) is 9.89 Å². The zero-order chi connectivity index (χ0) is 21.4. The van der Waals surface area contributed by atoms with Gasteiger partial charge >= 0.3 is 0 Å². The molecule has 2 aromatic heterocycles. The van der Waals surface area contributed by atoms with Crippen LogP contribution in [0.1, 0.15) is 34.5 Å². The van der Waals surface area contributed by atoms with Crippen LogP contribution < -0.4 is 0 Å². The molecule has 0 radical (unpaired) electrons. The molecule has 2 aliphatic rings. The maximum Gasteiger partial charge on any atom is 0.274 e. The van der Waals surface area contributed by atoms with Gasteiger partial charge in [0.05, 0.1) is 15.5 Å². The molecular formula is C22H24N4O3S2. The third-order valence-corrected chi connectivity index (χ3v) is 8.86. The lowest BCUT2D eigenvalue weighted by atomic mass is 9.92. The van der Waals surface area contributed by atoms with Crippen LogP contribution in [0, 0.1) is 0 Å². The second-order valence-electron chi connectivity index (χ2n) is 7.98. The first-order valence-electron chi connectivity index (χ1n) is 10.5. The van der Waals surface area contributed by atoms with Crippen molar-refractivity contribution in [1.29, 1.82) is 0 Å². The molecule has 1 N–H and O–H groups in total. The van der Waals surface area contributed by atoms with Crippen LogP contribution in [0.2, 0.25) is 0 Å². The highest BCUT2D eigenvalue weighted by atomic mass is 32.2. The molecule has 1 fully saturated rings. The first-order chi connectivity index (χ1) is 15.0. The molecule has 9 heteroatoms. The first kappa shape index (κ1) is 20.4. The number of aryl methyl sites for hydroxylation is 2. The monoisotopic (exact) mass is 456 g/mol. The van der Waals surface area contributed by atoms with Crippen LogP contribution in [0.4, 0.5) is 0 Å². The highest BCUT2D eigenvalue weighted by Crippen LogP contribution is 2.27. The lowest BCUT2D eigenvalue weighted by molar-refractivity contribution is 0.0692. The highest BCUT2D eigenvalue weighted by molar-refractivity contribution is 7.89. The first-order valence-corrected chi connectivity index (χ1v) is 12.8. The molecule has 1 amide bonds. The van der Waals surface area contributed by atoms with Crippen LogP contribution in [-0.4, -0.2) is 59.9 Å². The minimum atomic E-state index is -3.56. The summed E-state index contributed by atoms with van der Waals surface area (Å²) in [5, 5.41) is 9.05. The summed E-state index contributed by atoms with van der Waals surface area (Å²) < 4.78 is 27.8. The number of thiophene rings is 1. The Hall–Kier alpha value is -2.49. The van der Waals surface area contributed by atoms with Crippen LogP contribution in [0.5, 0.6) is 0 Å². The second kappa shape index (κ2) is 8.22. The van der Waals surface area contributed by atoms with Gasteiger partial charge in [-0.1, -0.05) is 12.1 Å². The van der Waals surface area contributed by atoms with E-state index in [4.69, 9.17) is 0 Å². The number of sulfonamides is 1. The lowest BCUT2D eigenvalue weighted by Crippen LogP contribution is -2.50. The molecule has 5 rings (SSSR count). The Balaban J connectivity index is 1.26. The van der Waals surface area contributed by atoms with Crippen molar-refractivity contribution in [3.8, 4) is 10.6 Å². The molecule has 0 bridgehead atoms. The molecule has 1 saturated heterocycles. The maximum atomic E-state index is 13.2. The number of piperazine rings is 1. The van der Waals surface area contributed by atoms with E-state index in [9.17, 15) is 13.2 Å². The fraction of sp³-hybridized carbons (Fsp3) is 0.364. The van der Waals surface area contributed by atoms with E-state index in [0.717, 1.165) is 35.4 Å². The molecular weight excluding hydrogens is 432 g/mol. The summed E-state index contributed by atoms with van der Waals surface area (Å²) >= 11 is 1.58. The van der Waals surface area contributed by atoms with Gasteiger partial charge in [-0.25, -0.2) is 8.42 Å². The Bertz CT molecular complexity index is 1190. The number of rotatable bonds is 4. The highest BCUT2D eigenvalue weighted by Gasteiger charge is 2.31. The molecule has 162 valence electrons. The van der Waals surface area contributed by atoms with Crippen molar-refractivity contribution in [2.24, 2.45) is 0 Å². The average molecular weight is 457 g/mol. The number of aromatic amines is 1. The number of hydrogen-bond acceptors (Lipinski definition) is 5. The second-order valence-corrected chi connectivity index (χ2v) is 10.9. The van der Waals surface area contributed by atoms with E-state index in [1.807, 2.05) is 29.6 Å². The van der Waals surface area contributed by atoms with Gasteiger partial charge in [-0.05, 0) is 66.5 Å². The standard InChI is InChI=1S/C22H24N4O3S2/c27-22(20-15-19(23-24-20)21-6-3-13-30-21)25-9-11-26(12-10-25)31(28,29)18-8-7-16-4-1-2-5-17(16)14-18/h3,6-8,13-15H,1-2,4-5,9-12H2,(H,23,24). The zero-order valence-electron chi connectivity index (χ0n) is 17.1. The number of nitrogens with one attached hydrogen (secondary N) is 1. The molecule has 1 aliphatic heterocycles. The van der Waals surface area contributed by atoms with Gasteiger partial charge in [0.15, 0.2) is 5.69 Å². The SMILES string of the molecule is O=C(c1cc(-c2cccs2)[nH]n1)N1CCN(S(=O)(=O)c2ccc3c(c2)CCCC3)CC1. The van der Waals surface area contributed by atoms with E-state index in [2.05, 4.69) is 10.2 Å². The molecule has 31 heavy (non-hydrogen) atoms. The molecule has 0 unspecified atom stereocenters. The van der Waals surface area contributed by atoms with E-state index in [-0.39, 0.29) is 19.0 Å². The van der Waals surface area contributed by atoms with Crippen LogP contribution >= 0.6 is 11.3 Å². The third kappa shape index (κ3) is 3.93. The number of hydrogen-bond donors (Lipinski definition) is 1. The Kier molecular flexibility index (Phi) is 5.41. The summed E-state index contributed by atoms with van der Waals surface area (Å²) in [4.78, 5) is 15.9. The van der Waals surface area contributed by atoms with E-state index in [0.29, 0.717) is 23.7 Å². The Labute approximate surface area is 185 Å². The van der Waals surface area contributed by atoms with E-state index in [1.54, 1.807) is 28.4 Å². The molecule has 3 heterocycles. The number of amides is 1. The normalized spacial score (nSPS) is 17.5. The van der Waals surface area contributed by atoms with Gasteiger partial charge in [0, 0.05) is 26.2 Å². The largest absolute Gasteiger partial charge is 0.335 e. The predicted octanol–water partition coefficient (Wildman–Crippen LogP) is 3.16. The van der Waals surface area contributed by atoms with Crippen molar-refractivity contribution < 1.29 is 13.2 Å². The van der Waals surface area contributed by atoms with E-state index in [1.165, 1.54) is 16.3 Å². The lowest BCUT2D eigenvalue weighted by Gasteiger charge is -2.33. The zero-order valence-corrected chi connectivity index (χ0v) is 18.7. The summed E-state index contributed by atoms with van der Waals surface area (Å²) in [7, 11) is -3.56. The summed E-state index contributed by atoms with van der Waals surface area (Å²) in [6, 6.07) is 11.2. The Morgan fingerprint density at radius 3 is 2.52 bits per heavy atom. The van der Waals surface area contributed by atoms with Gasteiger partial charge < -0.3 is 4.90 Å². The number of carbonyl (C=O) groups excluding carboxylic acids is 1. The van der Waals surface area contributed by atoms with Gasteiger partial charge in [0.2, 0.25) is 10.0 Å². The summed E-state index contributed by atoms with van der Waals surface area (Å²) in [6.07, 6.45) is 4.24. The van der Waals surface area contributed by atoms with Gasteiger partial charge in [-0.2, -0.15) is 9.40 Å².